The number of aliphatic hydroxyl groups excluding tert-OH is 1. The van der Waals surface area contributed by atoms with Crippen molar-refractivity contribution >= 4 is 11.4 Å². The number of pyridine rings is 1. The van der Waals surface area contributed by atoms with E-state index in [9.17, 15) is 5.11 Å². The first-order valence-electron chi connectivity index (χ1n) is 5.39. The summed E-state index contributed by atoms with van der Waals surface area (Å²) in [6.45, 7) is 0. The van der Waals surface area contributed by atoms with Crippen LogP contribution in [-0.2, 0) is 0 Å². The number of hydrogen-bond acceptors (Lipinski definition) is 4. The molecule has 4 N–H and O–H groups in total. The second-order valence-electron chi connectivity index (χ2n) is 4.16. The minimum absolute atomic E-state index is 0.109. The van der Waals surface area contributed by atoms with Gasteiger partial charge in [-0.15, -0.1) is 0 Å². The summed E-state index contributed by atoms with van der Waals surface area (Å²) < 4.78 is 0. The van der Waals surface area contributed by atoms with Crippen molar-refractivity contribution in [2.45, 2.75) is 37.8 Å². The zero-order valence-corrected chi connectivity index (χ0v) is 8.69. The van der Waals surface area contributed by atoms with E-state index < -0.39 is 0 Å². The van der Waals surface area contributed by atoms with Crippen molar-refractivity contribution in [1.29, 1.82) is 0 Å². The normalized spacial score (nSPS) is 26.2. The van der Waals surface area contributed by atoms with Crippen molar-refractivity contribution in [2.24, 2.45) is 0 Å². The molecule has 0 unspecified atom stereocenters. The van der Waals surface area contributed by atoms with Crippen LogP contribution in [0.25, 0.3) is 0 Å². The summed E-state index contributed by atoms with van der Waals surface area (Å²) in [7, 11) is 0. The summed E-state index contributed by atoms with van der Waals surface area (Å²) >= 11 is 0. The molecule has 1 aromatic heterocycles. The minimum Gasteiger partial charge on any atom is -0.397 e. The van der Waals surface area contributed by atoms with Crippen molar-refractivity contribution < 1.29 is 5.11 Å². The summed E-state index contributed by atoms with van der Waals surface area (Å²) in [6.07, 6.45) is 7.09. The lowest BCUT2D eigenvalue weighted by Crippen LogP contribution is -2.28. The van der Waals surface area contributed by atoms with Crippen LogP contribution in [0.15, 0.2) is 18.5 Å². The number of aliphatic hydroxyl groups is 1. The van der Waals surface area contributed by atoms with Gasteiger partial charge in [-0.25, -0.2) is 0 Å². The maximum absolute atomic E-state index is 9.38. The molecule has 0 amide bonds. The predicted octanol–water partition coefficient (Wildman–Crippen LogP) is 1.38. The highest BCUT2D eigenvalue weighted by Crippen LogP contribution is 2.22. The molecule has 82 valence electrons. The van der Waals surface area contributed by atoms with E-state index >= 15 is 0 Å². The fourth-order valence-electron chi connectivity index (χ4n) is 1.99. The highest BCUT2D eigenvalue weighted by atomic mass is 16.3. The van der Waals surface area contributed by atoms with E-state index in [0.29, 0.717) is 11.7 Å². The van der Waals surface area contributed by atoms with Gasteiger partial charge in [0.05, 0.1) is 23.7 Å². The molecule has 15 heavy (non-hydrogen) atoms. The maximum Gasteiger partial charge on any atom is 0.0549 e. The van der Waals surface area contributed by atoms with E-state index in [1.165, 1.54) is 0 Å². The second kappa shape index (κ2) is 4.49. The molecule has 0 saturated heterocycles. The molecular weight excluding hydrogens is 190 g/mol. The molecule has 0 bridgehead atoms. The second-order valence-corrected chi connectivity index (χ2v) is 4.16. The lowest BCUT2D eigenvalue weighted by Gasteiger charge is -2.26. The Morgan fingerprint density at radius 1 is 1.27 bits per heavy atom. The van der Waals surface area contributed by atoms with Crippen LogP contribution in [0.1, 0.15) is 25.7 Å². The lowest BCUT2D eigenvalue weighted by molar-refractivity contribution is 0.126. The van der Waals surface area contributed by atoms with Gasteiger partial charge in [-0.2, -0.15) is 0 Å². The van der Waals surface area contributed by atoms with E-state index in [2.05, 4.69) is 10.3 Å². The van der Waals surface area contributed by atoms with E-state index in [0.717, 1.165) is 31.4 Å². The standard InChI is InChI=1S/C11H17N3O/c12-8-5-10(7-13-6-8)14-9-1-3-11(15)4-2-9/h5-7,9,11,14-15H,1-4,12H2. The fourth-order valence-corrected chi connectivity index (χ4v) is 1.99. The first-order chi connectivity index (χ1) is 7.24. The first kappa shape index (κ1) is 10.2. The summed E-state index contributed by atoms with van der Waals surface area (Å²) in [5.41, 5.74) is 7.29. The maximum atomic E-state index is 9.38. The Kier molecular flexibility index (Phi) is 3.06. The van der Waals surface area contributed by atoms with Crippen LogP contribution in [0.2, 0.25) is 0 Å². The number of rotatable bonds is 2. The molecule has 1 aliphatic rings. The number of hydrogen-bond donors (Lipinski definition) is 3. The molecule has 1 aromatic rings. The molecule has 1 heterocycles. The third-order valence-corrected chi connectivity index (χ3v) is 2.83. The van der Waals surface area contributed by atoms with E-state index in [4.69, 9.17) is 5.73 Å². The molecule has 0 aromatic carbocycles. The topological polar surface area (TPSA) is 71.2 Å². The summed E-state index contributed by atoms with van der Waals surface area (Å²) in [4.78, 5) is 4.03. The molecule has 1 saturated carbocycles. The lowest BCUT2D eigenvalue weighted by atomic mass is 9.93. The average molecular weight is 207 g/mol. The van der Waals surface area contributed by atoms with E-state index in [-0.39, 0.29) is 6.10 Å². The molecule has 4 heteroatoms. The Bertz CT molecular complexity index is 321. The highest BCUT2D eigenvalue weighted by Gasteiger charge is 2.18. The predicted molar refractivity (Wildman–Crippen MR) is 60.5 cm³/mol. The van der Waals surface area contributed by atoms with Gasteiger partial charge in [0.25, 0.3) is 0 Å². The molecule has 0 radical (unpaired) electrons. The number of nitrogens with two attached hydrogens (primary N) is 1. The van der Waals surface area contributed by atoms with Crippen LogP contribution >= 0.6 is 0 Å². The quantitative estimate of drug-likeness (QED) is 0.685. The SMILES string of the molecule is Nc1cncc(NC2CCC(O)CC2)c1. The van der Waals surface area contributed by atoms with Gasteiger partial charge in [0.2, 0.25) is 0 Å². The van der Waals surface area contributed by atoms with Gasteiger partial charge in [0.1, 0.15) is 0 Å². The number of nitrogen functional groups attached to an aromatic ring is 1. The Morgan fingerprint density at radius 2 is 2.00 bits per heavy atom. The summed E-state index contributed by atoms with van der Waals surface area (Å²) in [6, 6.07) is 2.33. The summed E-state index contributed by atoms with van der Waals surface area (Å²) in [5.74, 6) is 0. The molecule has 4 nitrogen and oxygen atoms in total. The molecule has 1 aliphatic carbocycles. The monoisotopic (exact) mass is 207 g/mol. The van der Waals surface area contributed by atoms with Gasteiger partial charge in [0, 0.05) is 12.2 Å². The van der Waals surface area contributed by atoms with E-state index in [1.807, 2.05) is 6.07 Å². The molecule has 0 spiro atoms. The Balaban J connectivity index is 1.92. The van der Waals surface area contributed by atoms with Gasteiger partial charge in [-0.05, 0) is 31.7 Å². The molecule has 0 atom stereocenters. The third-order valence-electron chi connectivity index (χ3n) is 2.83. The summed E-state index contributed by atoms with van der Waals surface area (Å²) in [5, 5.41) is 12.8. The van der Waals surface area contributed by atoms with Crippen molar-refractivity contribution in [3.05, 3.63) is 18.5 Å². The van der Waals surface area contributed by atoms with Gasteiger partial charge >= 0.3 is 0 Å². The highest BCUT2D eigenvalue weighted by molar-refractivity contribution is 5.51. The molecular formula is C11H17N3O. The van der Waals surface area contributed by atoms with Gasteiger partial charge in [-0.1, -0.05) is 0 Å². The van der Waals surface area contributed by atoms with Crippen molar-refractivity contribution in [3.63, 3.8) is 0 Å². The van der Waals surface area contributed by atoms with Crippen LogP contribution in [-0.4, -0.2) is 22.2 Å². The number of nitrogens with zero attached hydrogens (tertiary/aromatic N) is 1. The van der Waals surface area contributed by atoms with Crippen LogP contribution in [0.5, 0.6) is 0 Å². The number of anilines is 2. The average Bonchev–Trinajstić information content (AvgIpc) is 2.22. The van der Waals surface area contributed by atoms with Crippen molar-refractivity contribution in [3.8, 4) is 0 Å². The fraction of sp³-hybridized carbons (Fsp3) is 0.545. The molecule has 1 fully saturated rings. The smallest absolute Gasteiger partial charge is 0.0549 e. The number of aromatic nitrogens is 1. The first-order valence-corrected chi connectivity index (χ1v) is 5.39. The van der Waals surface area contributed by atoms with Crippen molar-refractivity contribution in [2.75, 3.05) is 11.1 Å². The third kappa shape index (κ3) is 2.83. The Morgan fingerprint density at radius 3 is 2.67 bits per heavy atom. The molecule has 2 rings (SSSR count). The van der Waals surface area contributed by atoms with Crippen LogP contribution in [0.4, 0.5) is 11.4 Å². The van der Waals surface area contributed by atoms with Gasteiger partial charge in [-0.3, -0.25) is 4.98 Å². The van der Waals surface area contributed by atoms with Crippen LogP contribution < -0.4 is 11.1 Å². The Hall–Kier alpha value is -1.29. The zero-order valence-electron chi connectivity index (χ0n) is 8.69. The van der Waals surface area contributed by atoms with Gasteiger partial charge < -0.3 is 16.2 Å². The Labute approximate surface area is 89.5 Å². The largest absolute Gasteiger partial charge is 0.397 e. The van der Waals surface area contributed by atoms with E-state index in [1.54, 1.807) is 12.4 Å². The number of nitrogens with one attached hydrogen (secondary N) is 1. The molecule has 0 aliphatic heterocycles. The van der Waals surface area contributed by atoms with Crippen LogP contribution in [0.3, 0.4) is 0 Å². The van der Waals surface area contributed by atoms with Crippen LogP contribution in [0, 0.1) is 0 Å². The van der Waals surface area contributed by atoms with Crippen molar-refractivity contribution in [1.82, 2.24) is 4.98 Å². The van der Waals surface area contributed by atoms with Gasteiger partial charge in [0.15, 0.2) is 0 Å². The minimum atomic E-state index is -0.109. The zero-order chi connectivity index (χ0) is 10.7.